The van der Waals surface area contributed by atoms with E-state index in [0.717, 1.165) is 16.8 Å². The Balaban J connectivity index is 1.79. The molecule has 0 fully saturated rings. The number of esters is 1. The standard InChI is InChI=1S/C24H17F3O6/c1-13(23(29)30-2)31-17-9-10-18-19(12-17)33-22(24(25,26)27)21(20(18)28)32-16-8-7-14-5-3-4-6-15(14)11-16/h3-13H,1-2H3. The molecule has 1 atom stereocenters. The Morgan fingerprint density at radius 3 is 2.36 bits per heavy atom. The molecule has 0 bridgehead atoms. The molecular weight excluding hydrogens is 441 g/mol. The number of carbonyl (C=O) groups excluding carboxylic acids is 1. The van der Waals surface area contributed by atoms with Crippen LogP contribution >= 0.6 is 0 Å². The zero-order valence-corrected chi connectivity index (χ0v) is 17.4. The largest absolute Gasteiger partial charge is 0.479 e. The summed E-state index contributed by atoms with van der Waals surface area (Å²) in [6, 6.07) is 15.6. The van der Waals surface area contributed by atoms with E-state index in [0.29, 0.717) is 0 Å². The van der Waals surface area contributed by atoms with Crippen LogP contribution in [-0.4, -0.2) is 19.2 Å². The second-order valence-electron chi connectivity index (χ2n) is 7.14. The van der Waals surface area contributed by atoms with Crippen LogP contribution in [0.25, 0.3) is 21.7 Å². The van der Waals surface area contributed by atoms with E-state index in [1.54, 1.807) is 18.2 Å². The Bertz CT molecular complexity index is 1410. The van der Waals surface area contributed by atoms with Gasteiger partial charge in [-0.25, -0.2) is 4.79 Å². The Kier molecular flexibility index (Phi) is 5.71. The van der Waals surface area contributed by atoms with E-state index >= 15 is 0 Å². The first kappa shape index (κ1) is 22.2. The lowest BCUT2D eigenvalue weighted by atomic mass is 10.1. The van der Waals surface area contributed by atoms with Gasteiger partial charge in [0.2, 0.25) is 11.2 Å². The minimum Gasteiger partial charge on any atom is -0.479 e. The highest BCUT2D eigenvalue weighted by Gasteiger charge is 2.40. The number of hydrogen-bond donors (Lipinski definition) is 0. The van der Waals surface area contributed by atoms with Crippen LogP contribution in [0.4, 0.5) is 13.2 Å². The molecule has 1 heterocycles. The van der Waals surface area contributed by atoms with Crippen molar-refractivity contribution in [3.8, 4) is 17.2 Å². The van der Waals surface area contributed by atoms with Crippen molar-refractivity contribution < 1.29 is 36.6 Å². The van der Waals surface area contributed by atoms with Gasteiger partial charge in [-0.1, -0.05) is 30.3 Å². The SMILES string of the molecule is COC(=O)C(C)Oc1ccc2c(=O)c(Oc3ccc4ccccc4c3)c(C(F)(F)F)oc2c1. The smallest absolute Gasteiger partial charge is 0.453 e. The van der Waals surface area contributed by atoms with E-state index in [-0.39, 0.29) is 22.5 Å². The fraction of sp³-hybridized carbons (Fsp3) is 0.167. The number of halogens is 3. The van der Waals surface area contributed by atoms with Crippen LogP contribution in [0.5, 0.6) is 17.2 Å². The zero-order chi connectivity index (χ0) is 23.8. The lowest BCUT2D eigenvalue weighted by molar-refractivity contribution is -0.154. The van der Waals surface area contributed by atoms with E-state index < -0.39 is 35.2 Å². The number of ether oxygens (including phenoxy) is 3. The van der Waals surface area contributed by atoms with Crippen molar-refractivity contribution in [2.45, 2.75) is 19.2 Å². The van der Waals surface area contributed by atoms with E-state index in [9.17, 15) is 22.8 Å². The van der Waals surface area contributed by atoms with Crippen molar-refractivity contribution in [2.24, 2.45) is 0 Å². The summed E-state index contributed by atoms with van der Waals surface area (Å²) in [5, 5.41) is 1.45. The third kappa shape index (κ3) is 4.48. The zero-order valence-electron chi connectivity index (χ0n) is 17.4. The average Bonchev–Trinajstić information content (AvgIpc) is 2.79. The van der Waals surface area contributed by atoms with Gasteiger partial charge in [-0.3, -0.25) is 4.79 Å². The molecule has 3 aromatic carbocycles. The van der Waals surface area contributed by atoms with Crippen LogP contribution in [-0.2, 0) is 15.7 Å². The minimum atomic E-state index is -5.00. The average molecular weight is 458 g/mol. The molecule has 33 heavy (non-hydrogen) atoms. The van der Waals surface area contributed by atoms with Gasteiger partial charge in [0, 0.05) is 6.07 Å². The number of rotatable bonds is 5. The van der Waals surface area contributed by atoms with Crippen LogP contribution in [0.1, 0.15) is 12.7 Å². The summed E-state index contributed by atoms with van der Waals surface area (Å²) in [7, 11) is 1.17. The fourth-order valence-corrected chi connectivity index (χ4v) is 3.28. The molecule has 0 spiro atoms. The van der Waals surface area contributed by atoms with Crippen LogP contribution in [0.2, 0.25) is 0 Å². The molecule has 0 N–H and O–H groups in total. The summed E-state index contributed by atoms with van der Waals surface area (Å²) in [6.45, 7) is 1.41. The molecule has 0 saturated heterocycles. The van der Waals surface area contributed by atoms with Gasteiger partial charge in [-0.05, 0) is 42.0 Å². The lowest BCUT2D eigenvalue weighted by Gasteiger charge is -2.15. The Morgan fingerprint density at radius 1 is 0.970 bits per heavy atom. The molecule has 9 heteroatoms. The molecule has 4 aromatic rings. The van der Waals surface area contributed by atoms with E-state index in [1.165, 1.54) is 38.3 Å². The van der Waals surface area contributed by atoms with Gasteiger partial charge >= 0.3 is 12.1 Å². The predicted octanol–water partition coefficient (Wildman–Crippen LogP) is 5.70. The van der Waals surface area contributed by atoms with Crippen molar-refractivity contribution in [1.29, 1.82) is 0 Å². The normalized spacial score (nSPS) is 12.5. The molecule has 0 amide bonds. The maximum atomic E-state index is 13.8. The summed E-state index contributed by atoms with van der Waals surface area (Å²) in [5.74, 6) is -3.14. The number of hydrogen-bond acceptors (Lipinski definition) is 6. The first-order chi connectivity index (χ1) is 15.7. The summed E-state index contributed by atoms with van der Waals surface area (Å²) in [4.78, 5) is 24.5. The molecule has 170 valence electrons. The van der Waals surface area contributed by atoms with Crippen molar-refractivity contribution in [3.05, 3.63) is 76.6 Å². The fourth-order valence-electron chi connectivity index (χ4n) is 3.28. The first-order valence-electron chi connectivity index (χ1n) is 9.76. The molecule has 0 saturated carbocycles. The third-order valence-electron chi connectivity index (χ3n) is 4.87. The predicted molar refractivity (Wildman–Crippen MR) is 114 cm³/mol. The van der Waals surface area contributed by atoms with Crippen molar-refractivity contribution >= 4 is 27.7 Å². The summed E-state index contributed by atoms with van der Waals surface area (Å²) < 4.78 is 61.7. The lowest BCUT2D eigenvalue weighted by Crippen LogP contribution is -2.24. The van der Waals surface area contributed by atoms with Gasteiger partial charge in [0.25, 0.3) is 5.76 Å². The number of benzene rings is 3. The molecule has 6 nitrogen and oxygen atoms in total. The van der Waals surface area contributed by atoms with Crippen LogP contribution in [0.3, 0.4) is 0 Å². The second-order valence-corrected chi connectivity index (χ2v) is 7.14. The highest BCUT2D eigenvalue weighted by molar-refractivity contribution is 5.84. The summed E-state index contributed by atoms with van der Waals surface area (Å²) in [6.07, 6.45) is -6.02. The molecule has 0 aliphatic rings. The van der Waals surface area contributed by atoms with Crippen molar-refractivity contribution in [3.63, 3.8) is 0 Å². The molecule has 4 rings (SSSR count). The quantitative estimate of drug-likeness (QED) is 0.357. The maximum Gasteiger partial charge on any atom is 0.453 e. The van der Waals surface area contributed by atoms with Crippen LogP contribution in [0.15, 0.2) is 69.9 Å². The number of methoxy groups -OCH3 is 1. The third-order valence-corrected chi connectivity index (χ3v) is 4.87. The van der Waals surface area contributed by atoms with Crippen LogP contribution < -0.4 is 14.9 Å². The van der Waals surface area contributed by atoms with E-state index in [1.807, 2.05) is 12.1 Å². The van der Waals surface area contributed by atoms with Gasteiger partial charge in [-0.15, -0.1) is 0 Å². The van der Waals surface area contributed by atoms with Gasteiger partial charge in [0.1, 0.15) is 17.1 Å². The summed E-state index contributed by atoms with van der Waals surface area (Å²) >= 11 is 0. The van der Waals surface area contributed by atoms with Crippen molar-refractivity contribution in [2.75, 3.05) is 7.11 Å². The van der Waals surface area contributed by atoms with Gasteiger partial charge in [0.15, 0.2) is 6.10 Å². The molecule has 1 aromatic heterocycles. The van der Waals surface area contributed by atoms with E-state index in [4.69, 9.17) is 13.9 Å². The molecule has 0 aliphatic carbocycles. The molecular formula is C24H17F3O6. The Morgan fingerprint density at radius 2 is 1.67 bits per heavy atom. The first-order valence-corrected chi connectivity index (χ1v) is 9.76. The van der Waals surface area contributed by atoms with Crippen LogP contribution in [0, 0.1) is 0 Å². The molecule has 0 radical (unpaired) electrons. The second kappa shape index (κ2) is 8.50. The highest BCUT2D eigenvalue weighted by atomic mass is 19.4. The minimum absolute atomic E-state index is 0.0277. The highest BCUT2D eigenvalue weighted by Crippen LogP contribution is 2.39. The maximum absolute atomic E-state index is 13.8. The molecule has 0 aliphatic heterocycles. The number of carbonyl (C=O) groups is 1. The van der Waals surface area contributed by atoms with E-state index in [2.05, 4.69) is 4.74 Å². The number of fused-ring (bicyclic) bond motifs is 2. The number of alkyl halides is 3. The topological polar surface area (TPSA) is 75.0 Å². The van der Waals surface area contributed by atoms with Gasteiger partial charge in [0.05, 0.1) is 12.5 Å². The van der Waals surface area contributed by atoms with Gasteiger partial charge < -0.3 is 18.6 Å². The van der Waals surface area contributed by atoms with Gasteiger partial charge in [-0.2, -0.15) is 13.2 Å². The summed E-state index contributed by atoms with van der Waals surface area (Å²) in [5.41, 5.74) is -1.36. The monoisotopic (exact) mass is 458 g/mol. The van der Waals surface area contributed by atoms with Crippen molar-refractivity contribution in [1.82, 2.24) is 0 Å². The Hall–Kier alpha value is -4.01. The molecule has 1 unspecified atom stereocenters. The Labute approximate surface area is 185 Å².